The summed E-state index contributed by atoms with van der Waals surface area (Å²) in [6.07, 6.45) is 3.81. The Morgan fingerprint density at radius 1 is 1.19 bits per heavy atom. The number of benzene rings is 1. The molecule has 0 spiro atoms. The van der Waals surface area contributed by atoms with Gasteiger partial charge in [0.25, 0.3) is 0 Å². The number of hydrogen-bond acceptors (Lipinski definition) is 3. The van der Waals surface area contributed by atoms with Gasteiger partial charge < -0.3 is 15.8 Å². The fraction of sp³-hybridized carbons (Fsp3) is 0.588. The molecule has 116 valence electrons. The van der Waals surface area contributed by atoms with Gasteiger partial charge in [-0.3, -0.25) is 4.79 Å². The van der Waals surface area contributed by atoms with Crippen LogP contribution in [-0.2, 0) is 4.79 Å². The molecule has 4 nitrogen and oxygen atoms in total. The van der Waals surface area contributed by atoms with Crippen LogP contribution < -0.4 is 15.8 Å². The highest BCUT2D eigenvalue weighted by molar-refractivity contribution is 5.86. The van der Waals surface area contributed by atoms with Crippen LogP contribution in [0.4, 0.5) is 0 Å². The van der Waals surface area contributed by atoms with Crippen LogP contribution in [-0.4, -0.2) is 17.6 Å². The number of ether oxygens (including phenoxy) is 1. The molecule has 1 amide bonds. The Balaban J connectivity index is 1.96. The molecule has 3 N–H and O–H groups in total. The Kier molecular flexibility index (Phi) is 4.88. The zero-order valence-corrected chi connectivity index (χ0v) is 13.2. The first kappa shape index (κ1) is 15.8. The summed E-state index contributed by atoms with van der Waals surface area (Å²) >= 11 is 0. The van der Waals surface area contributed by atoms with Crippen LogP contribution in [0.3, 0.4) is 0 Å². The van der Waals surface area contributed by atoms with Gasteiger partial charge in [0.2, 0.25) is 5.91 Å². The van der Waals surface area contributed by atoms with Gasteiger partial charge in [-0.1, -0.05) is 25.0 Å². The van der Waals surface area contributed by atoms with E-state index in [1.807, 2.05) is 45.0 Å². The van der Waals surface area contributed by atoms with Gasteiger partial charge in [-0.15, -0.1) is 0 Å². The normalized spacial score (nSPS) is 18.5. The van der Waals surface area contributed by atoms with Crippen molar-refractivity contribution >= 4 is 5.91 Å². The number of hydrogen-bond donors (Lipinski definition) is 2. The van der Waals surface area contributed by atoms with E-state index in [1.165, 1.54) is 0 Å². The summed E-state index contributed by atoms with van der Waals surface area (Å²) in [6, 6.07) is 7.80. The Morgan fingerprint density at radius 2 is 1.76 bits per heavy atom. The Hall–Kier alpha value is -1.55. The first-order valence-electron chi connectivity index (χ1n) is 7.77. The molecular weight excluding hydrogens is 264 g/mol. The van der Waals surface area contributed by atoms with Gasteiger partial charge in [0.1, 0.15) is 5.75 Å². The Morgan fingerprint density at radius 3 is 2.29 bits per heavy atom. The molecule has 0 bridgehead atoms. The quantitative estimate of drug-likeness (QED) is 0.876. The highest BCUT2D eigenvalue weighted by atomic mass is 16.5. The molecule has 1 aromatic rings. The molecule has 0 aromatic heterocycles. The molecule has 21 heavy (non-hydrogen) atoms. The van der Waals surface area contributed by atoms with Crippen molar-refractivity contribution in [2.45, 2.75) is 64.1 Å². The lowest BCUT2D eigenvalue weighted by atomic mass is 9.97. The van der Waals surface area contributed by atoms with Crippen molar-refractivity contribution in [3.8, 4) is 5.75 Å². The summed E-state index contributed by atoms with van der Waals surface area (Å²) in [7, 11) is 0. The van der Waals surface area contributed by atoms with Crippen molar-refractivity contribution in [1.29, 1.82) is 0 Å². The molecule has 1 unspecified atom stereocenters. The van der Waals surface area contributed by atoms with Crippen molar-refractivity contribution in [1.82, 2.24) is 5.32 Å². The van der Waals surface area contributed by atoms with Crippen LogP contribution in [0.5, 0.6) is 5.75 Å². The highest BCUT2D eigenvalue weighted by Crippen LogP contribution is 2.28. The minimum atomic E-state index is -0.672. The zero-order chi connectivity index (χ0) is 15.5. The fourth-order valence-electron chi connectivity index (χ4n) is 2.76. The number of carbonyl (C=O) groups excluding carboxylic acids is 1. The maximum Gasteiger partial charge on any atom is 0.240 e. The second-order valence-electron chi connectivity index (χ2n) is 6.29. The van der Waals surface area contributed by atoms with E-state index in [4.69, 9.17) is 10.5 Å². The molecule has 1 aliphatic carbocycles. The molecule has 1 saturated carbocycles. The highest BCUT2D eigenvalue weighted by Gasteiger charge is 2.37. The predicted octanol–water partition coefficient (Wildman–Crippen LogP) is 2.92. The van der Waals surface area contributed by atoms with Gasteiger partial charge in [0.05, 0.1) is 17.7 Å². The van der Waals surface area contributed by atoms with Crippen molar-refractivity contribution in [3.05, 3.63) is 29.8 Å². The van der Waals surface area contributed by atoms with E-state index in [9.17, 15) is 4.79 Å². The van der Waals surface area contributed by atoms with Crippen LogP contribution >= 0.6 is 0 Å². The summed E-state index contributed by atoms with van der Waals surface area (Å²) < 4.78 is 5.62. The average molecular weight is 290 g/mol. The summed E-state index contributed by atoms with van der Waals surface area (Å²) in [5.41, 5.74) is 6.56. The molecule has 1 atom stereocenters. The molecule has 2 rings (SSSR count). The van der Waals surface area contributed by atoms with E-state index >= 15 is 0 Å². The second kappa shape index (κ2) is 6.48. The zero-order valence-electron chi connectivity index (χ0n) is 13.2. The lowest BCUT2D eigenvalue weighted by Crippen LogP contribution is -2.52. The van der Waals surface area contributed by atoms with E-state index in [0.29, 0.717) is 0 Å². The van der Waals surface area contributed by atoms with Crippen LogP contribution in [0.1, 0.15) is 58.1 Å². The van der Waals surface area contributed by atoms with E-state index < -0.39 is 5.54 Å². The van der Waals surface area contributed by atoms with Gasteiger partial charge in [0, 0.05) is 0 Å². The van der Waals surface area contributed by atoms with E-state index in [1.54, 1.807) is 0 Å². The lowest BCUT2D eigenvalue weighted by Gasteiger charge is -2.25. The third kappa shape index (κ3) is 3.97. The number of rotatable bonds is 5. The number of nitrogens with one attached hydrogen (secondary N) is 1. The van der Waals surface area contributed by atoms with Crippen LogP contribution in [0.2, 0.25) is 0 Å². The monoisotopic (exact) mass is 290 g/mol. The number of carbonyl (C=O) groups is 1. The van der Waals surface area contributed by atoms with Gasteiger partial charge >= 0.3 is 0 Å². The van der Waals surface area contributed by atoms with E-state index in [0.717, 1.165) is 37.0 Å². The molecule has 1 fully saturated rings. The first-order chi connectivity index (χ1) is 9.90. The molecule has 0 radical (unpaired) electrons. The van der Waals surface area contributed by atoms with Crippen LogP contribution in [0, 0.1) is 0 Å². The average Bonchev–Trinajstić information content (AvgIpc) is 2.87. The Labute approximate surface area is 127 Å². The molecule has 4 heteroatoms. The standard InChI is InChI=1S/C17H26N2O2/c1-12(2)21-15-8-6-14(7-9-15)13(3)19-16(20)17(18)10-4-5-11-17/h6-9,12-13H,4-5,10-11,18H2,1-3H3,(H,19,20). The largest absolute Gasteiger partial charge is 0.491 e. The Bertz CT molecular complexity index is 476. The summed E-state index contributed by atoms with van der Waals surface area (Å²) in [6.45, 7) is 5.98. The van der Waals surface area contributed by atoms with Gasteiger partial charge in [-0.25, -0.2) is 0 Å². The second-order valence-corrected chi connectivity index (χ2v) is 6.29. The minimum Gasteiger partial charge on any atom is -0.491 e. The van der Waals surface area contributed by atoms with Crippen molar-refractivity contribution in [2.24, 2.45) is 5.73 Å². The van der Waals surface area contributed by atoms with E-state index in [-0.39, 0.29) is 18.1 Å². The van der Waals surface area contributed by atoms with Gasteiger partial charge in [0.15, 0.2) is 0 Å². The minimum absolute atomic E-state index is 0.0324. The van der Waals surface area contributed by atoms with Gasteiger partial charge in [-0.05, 0) is 51.3 Å². The summed E-state index contributed by atoms with van der Waals surface area (Å²) in [5.74, 6) is 0.813. The smallest absolute Gasteiger partial charge is 0.240 e. The topological polar surface area (TPSA) is 64.3 Å². The lowest BCUT2D eigenvalue weighted by molar-refractivity contribution is -0.126. The number of amides is 1. The molecule has 0 saturated heterocycles. The van der Waals surface area contributed by atoms with E-state index in [2.05, 4.69) is 5.32 Å². The molecule has 1 aromatic carbocycles. The fourth-order valence-corrected chi connectivity index (χ4v) is 2.76. The molecule has 0 heterocycles. The van der Waals surface area contributed by atoms with Crippen LogP contribution in [0.25, 0.3) is 0 Å². The number of nitrogens with two attached hydrogens (primary N) is 1. The van der Waals surface area contributed by atoms with Crippen molar-refractivity contribution < 1.29 is 9.53 Å². The first-order valence-corrected chi connectivity index (χ1v) is 7.77. The SMILES string of the molecule is CC(C)Oc1ccc(C(C)NC(=O)C2(N)CCCC2)cc1. The summed E-state index contributed by atoms with van der Waals surface area (Å²) in [5, 5.41) is 3.03. The van der Waals surface area contributed by atoms with Crippen molar-refractivity contribution in [3.63, 3.8) is 0 Å². The maximum atomic E-state index is 12.3. The van der Waals surface area contributed by atoms with Crippen LogP contribution in [0.15, 0.2) is 24.3 Å². The maximum absolute atomic E-state index is 12.3. The summed E-state index contributed by atoms with van der Waals surface area (Å²) in [4.78, 5) is 12.3. The molecule has 0 aliphatic heterocycles. The van der Waals surface area contributed by atoms with Crippen molar-refractivity contribution in [2.75, 3.05) is 0 Å². The van der Waals surface area contributed by atoms with Gasteiger partial charge in [-0.2, -0.15) is 0 Å². The molecule has 1 aliphatic rings. The predicted molar refractivity (Wildman–Crippen MR) is 84.2 cm³/mol. The molecular formula is C17H26N2O2. The third-order valence-electron chi connectivity index (χ3n) is 4.05. The third-order valence-corrected chi connectivity index (χ3v) is 4.05.